The molecule has 18 heavy (non-hydrogen) atoms. The van der Waals surface area contributed by atoms with Gasteiger partial charge in [-0.25, -0.2) is 0 Å². The molecule has 1 aliphatic carbocycles. The van der Waals surface area contributed by atoms with Gasteiger partial charge in [-0.3, -0.25) is 0 Å². The quantitative estimate of drug-likeness (QED) is 0.913. The van der Waals surface area contributed by atoms with Crippen LogP contribution in [0.4, 0.5) is 0 Å². The first-order valence-corrected chi connectivity index (χ1v) is 7.67. The summed E-state index contributed by atoms with van der Waals surface area (Å²) in [5.74, 6) is 1.22. The van der Waals surface area contributed by atoms with E-state index in [9.17, 15) is 0 Å². The fourth-order valence-electron chi connectivity index (χ4n) is 2.36. The molecular weight excluding hydrogens is 314 g/mol. The van der Waals surface area contributed by atoms with E-state index >= 15 is 0 Å². The van der Waals surface area contributed by atoms with Crippen molar-refractivity contribution in [3.63, 3.8) is 0 Å². The van der Waals surface area contributed by atoms with E-state index in [0.29, 0.717) is 11.7 Å². The van der Waals surface area contributed by atoms with Gasteiger partial charge in [0.1, 0.15) is 0 Å². The number of halogens is 1. The number of thiophene rings is 1. The first-order chi connectivity index (χ1) is 8.67. The standard InChI is InChI=1S/C12H14BrN3OS/c13-9-5-4-8(18-9)10-15-11(17-16-10)12(14)6-2-1-3-7-12/h4-5H,1-3,6-7,14H2. The lowest BCUT2D eigenvalue weighted by Gasteiger charge is -2.29. The van der Waals surface area contributed by atoms with Gasteiger partial charge in [0.15, 0.2) is 0 Å². The monoisotopic (exact) mass is 327 g/mol. The minimum absolute atomic E-state index is 0.419. The fourth-order valence-corrected chi connectivity index (χ4v) is 3.67. The smallest absolute Gasteiger partial charge is 0.247 e. The third-order valence-electron chi connectivity index (χ3n) is 3.39. The Balaban J connectivity index is 1.89. The molecule has 1 fully saturated rings. The van der Waals surface area contributed by atoms with Crippen LogP contribution in [-0.4, -0.2) is 10.1 Å². The van der Waals surface area contributed by atoms with Crippen molar-refractivity contribution in [2.45, 2.75) is 37.6 Å². The van der Waals surface area contributed by atoms with Gasteiger partial charge in [0.05, 0.1) is 14.2 Å². The van der Waals surface area contributed by atoms with Gasteiger partial charge in [-0.15, -0.1) is 11.3 Å². The molecule has 0 bridgehead atoms. The predicted molar refractivity (Wildman–Crippen MR) is 74.3 cm³/mol. The first kappa shape index (κ1) is 12.3. The van der Waals surface area contributed by atoms with E-state index < -0.39 is 5.54 Å². The lowest BCUT2D eigenvalue weighted by Crippen LogP contribution is -2.38. The third-order valence-corrected chi connectivity index (χ3v) is 5.01. The lowest BCUT2D eigenvalue weighted by molar-refractivity contribution is 0.220. The SMILES string of the molecule is NC1(c2nc(-c3ccc(Br)s3)no2)CCCCC1. The highest BCUT2D eigenvalue weighted by Gasteiger charge is 2.35. The Bertz CT molecular complexity index is 545. The molecule has 0 amide bonds. The van der Waals surface area contributed by atoms with Crippen LogP contribution in [0.25, 0.3) is 10.7 Å². The summed E-state index contributed by atoms with van der Waals surface area (Å²) in [6.07, 6.45) is 5.39. The van der Waals surface area contributed by atoms with Crippen molar-refractivity contribution < 1.29 is 4.52 Å². The van der Waals surface area contributed by atoms with Crippen LogP contribution >= 0.6 is 27.3 Å². The van der Waals surface area contributed by atoms with Gasteiger partial charge >= 0.3 is 0 Å². The average molecular weight is 328 g/mol. The molecule has 0 radical (unpaired) electrons. The highest BCUT2D eigenvalue weighted by Crippen LogP contribution is 2.35. The van der Waals surface area contributed by atoms with Gasteiger partial charge in [-0.2, -0.15) is 4.98 Å². The van der Waals surface area contributed by atoms with E-state index in [1.807, 2.05) is 12.1 Å². The topological polar surface area (TPSA) is 64.9 Å². The van der Waals surface area contributed by atoms with Crippen LogP contribution < -0.4 is 5.73 Å². The molecule has 2 N–H and O–H groups in total. The summed E-state index contributed by atoms with van der Waals surface area (Å²) >= 11 is 5.02. The van der Waals surface area contributed by atoms with Gasteiger partial charge in [0, 0.05) is 0 Å². The van der Waals surface area contributed by atoms with E-state index in [4.69, 9.17) is 10.3 Å². The Hall–Kier alpha value is -0.720. The summed E-state index contributed by atoms with van der Waals surface area (Å²) in [6.45, 7) is 0. The minimum atomic E-state index is -0.419. The highest BCUT2D eigenvalue weighted by molar-refractivity contribution is 9.11. The predicted octanol–water partition coefficient (Wildman–Crippen LogP) is 3.68. The molecule has 1 saturated carbocycles. The van der Waals surface area contributed by atoms with Crippen LogP contribution in [0.15, 0.2) is 20.4 Å². The zero-order valence-electron chi connectivity index (χ0n) is 9.86. The number of aromatic nitrogens is 2. The van der Waals surface area contributed by atoms with E-state index in [1.165, 1.54) is 6.42 Å². The molecule has 2 heterocycles. The molecule has 1 aliphatic rings. The molecule has 0 aliphatic heterocycles. The molecule has 0 spiro atoms. The number of nitrogens with two attached hydrogens (primary N) is 1. The Kier molecular flexibility index (Phi) is 3.25. The van der Waals surface area contributed by atoms with Crippen LogP contribution in [0.1, 0.15) is 38.0 Å². The van der Waals surface area contributed by atoms with E-state index in [0.717, 1.165) is 34.3 Å². The Morgan fingerprint density at radius 3 is 2.72 bits per heavy atom. The number of hydrogen-bond acceptors (Lipinski definition) is 5. The van der Waals surface area contributed by atoms with E-state index in [2.05, 4.69) is 26.1 Å². The second-order valence-electron chi connectivity index (χ2n) is 4.74. The van der Waals surface area contributed by atoms with Crippen molar-refractivity contribution in [3.05, 3.63) is 21.8 Å². The second kappa shape index (κ2) is 4.75. The molecule has 6 heteroatoms. The average Bonchev–Trinajstić information content (AvgIpc) is 2.98. The highest BCUT2D eigenvalue weighted by atomic mass is 79.9. The summed E-state index contributed by atoms with van der Waals surface area (Å²) in [4.78, 5) is 5.47. The van der Waals surface area contributed by atoms with Crippen molar-refractivity contribution >= 4 is 27.3 Å². The maximum Gasteiger partial charge on any atom is 0.247 e. The molecule has 0 atom stereocenters. The molecule has 96 valence electrons. The summed E-state index contributed by atoms with van der Waals surface area (Å²) in [5.41, 5.74) is 5.96. The summed E-state index contributed by atoms with van der Waals surface area (Å²) in [7, 11) is 0. The van der Waals surface area contributed by atoms with Gasteiger partial charge in [-0.1, -0.05) is 24.4 Å². The van der Waals surface area contributed by atoms with Crippen molar-refractivity contribution in [3.8, 4) is 10.7 Å². The second-order valence-corrected chi connectivity index (χ2v) is 7.21. The molecule has 3 rings (SSSR count). The van der Waals surface area contributed by atoms with Crippen molar-refractivity contribution in [2.75, 3.05) is 0 Å². The van der Waals surface area contributed by atoms with Gasteiger partial charge in [-0.05, 0) is 40.9 Å². The van der Waals surface area contributed by atoms with Crippen LogP contribution in [0.2, 0.25) is 0 Å². The Morgan fingerprint density at radius 2 is 2.06 bits per heavy atom. The molecule has 0 saturated heterocycles. The normalized spacial score (nSPS) is 19.0. The maximum absolute atomic E-state index is 6.37. The molecule has 0 unspecified atom stereocenters. The molecule has 4 nitrogen and oxygen atoms in total. The molecule has 0 aromatic carbocycles. The fraction of sp³-hybridized carbons (Fsp3) is 0.500. The van der Waals surface area contributed by atoms with Gasteiger partial charge in [0.2, 0.25) is 11.7 Å². The largest absolute Gasteiger partial charge is 0.337 e. The van der Waals surface area contributed by atoms with E-state index in [-0.39, 0.29) is 0 Å². The number of hydrogen-bond donors (Lipinski definition) is 1. The van der Waals surface area contributed by atoms with E-state index in [1.54, 1.807) is 11.3 Å². The minimum Gasteiger partial charge on any atom is -0.337 e. The van der Waals surface area contributed by atoms with Crippen molar-refractivity contribution in [1.82, 2.24) is 10.1 Å². The molecular formula is C12H14BrN3OS. The summed E-state index contributed by atoms with van der Waals surface area (Å²) in [5, 5.41) is 4.04. The molecule has 2 aromatic rings. The number of rotatable bonds is 2. The number of nitrogens with zero attached hydrogens (tertiary/aromatic N) is 2. The third kappa shape index (κ3) is 2.24. The lowest BCUT2D eigenvalue weighted by atomic mass is 9.82. The van der Waals surface area contributed by atoms with Gasteiger partial charge < -0.3 is 10.3 Å². The summed E-state index contributed by atoms with van der Waals surface area (Å²) < 4.78 is 6.44. The van der Waals surface area contributed by atoms with Crippen LogP contribution in [0, 0.1) is 0 Å². The maximum atomic E-state index is 6.37. The zero-order chi connectivity index (χ0) is 12.6. The van der Waals surface area contributed by atoms with Crippen molar-refractivity contribution in [2.24, 2.45) is 5.73 Å². The Labute approximate surface area is 118 Å². The van der Waals surface area contributed by atoms with Crippen LogP contribution in [-0.2, 0) is 5.54 Å². The Morgan fingerprint density at radius 1 is 1.28 bits per heavy atom. The first-order valence-electron chi connectivity index (χ1n) is 6.06. The zero-order valence-corrected chi connectivity index (χ0v) is 12.3. The summed E-state index contributed by atoms with van der Waals surface area (Å²) in [6, 6.07) is 3.96. The van der Waals surface area contributed by atoms with Gasteiger partial charge in [0.25, 0.3) is 0 Å². The van der Waals surface area contributed by atoms with Crippen LogP contribution in [0.5, 0.6) is 0 Å². The molecule has 2 aromatic heterocycles. The van der Waals surface area contributed by atoms with Crippen LogP contribution in [0.3, 0.4) is 0 Å². The van der Waals surface area contributed by atoms with Crippen molar-refractivity contribution in [1.29, 1.82) is 0 Å².